The first-order chi connectivity index (χ1) is 10.0. The Bertz CT molecular complexity index is 689. The first kappa shape index (κ1) is 15.0. The zero-order chi connectivity index (χ0) is 15.4. The van der Waals surface area contributed by atoms with Crippen molar-refractivity contribution in [2.45, 2.75) is 20.8 Å². The fraction of sp³-hybridized carbons (Fsp3) is 0.250. The summed E-state index contributed by atoms with van der Waals surface area (Å²) in [6, 6.07) is 4.93. The minimum atomic E-state index is -0.528. The predicted octanol–water partition coefficient (Wildman–Crippen LogP) is 3.78. The van der Waals surface area contributed by atoms with Crippen LogP contribution >= 0.6 is 0 Å². The quantitative estimate of drug-likeness (QED) is 0.804. The molecule has 0 atom stereocenters. The Balaban J connectivity index is 2.22. The Morgan fingerprint density at radius 3 is 2.81 bits per heavy atom. The fourth-order valence-corrected chi connectivity index (χ4v) is 1.81. The number of halogens is 1. The summed E-state index contributed by atoms with van der Waals surface area (Å²) in [6.45, 7) is 5.43. The van der Waals surface area contributed by atoms with E-state index in [1.165, 1.54) is 12.1 Å². The minimum absolute atomic E-state index is 0.140. The van der Waals surface area contributed by atoms with Gasteiger partial charge in [-0.3, -0.25) is 0 Å². The summed E-state index contributed by atoms with van der Waals surface area (Å²) in [5.41, 5.74) is 1.41. The van der Waals surface area contributed by atoms with Crippen LogP contribution in [0.1, 0.15) is 40.2 Å². The second kappa shape index (κ2) is 6.35. The molecule has 0 bridgehead atoms. The van der Waals surface area contributed by atoms with Crippen LogP contribution in [0.5, 0.6) is 0 Å². The summed E-state index contributed by atoms with van der Waals surface area (Å²) < 4.78 is 23.9. The second-order valence-electron chi connectivity index (χ2n) is 4.54. The lowest BCUT2D eigenvalue weighted by Gasteiger charge is -1.97. The number of carbonyl (C=O) groups excluding carboxylic acids is 1. The fourth-order valence-electron chi connectivity index (χ4n) is 1.81. The number of benzene rings is 1. The van der Waals surface area contributed by atoms with Crippen LogP contribution in [-0.4, -0.2) is 17.6 Å². The number of aryl methyl sites for hydroxylation is 2. The van der Waals surface area contributed by atoms with Crippen molar-refractivity contribution in [1.29, 1.82) is 0 Å². The third kappa shape index (κ3) is 3.56. The molecule has 0 spiro atoms. The third-order valence-corrected chi connectivity index (χ3v) is 2.84. The van der Waals surface area contributed by atoms with E-state index in [1.807, 2.05) is 13.0 Å². The number of carbonyl (C=O) groups is 1. The Morgan fingerprint density at radius 1 is 1.38 bits per heavy atom. The van der Waals surface area contributed by atoms with Crippen LogP contribution in [0.2, 0.25) is 0 Å². The summed E-state index contributed by atoms with van der Waals surface area (Å²) in [4.78, 5) is 15.7. The molecule has 1 aromatic heterocycles. The van der Waals surface area contributed by atoms with E-state index in [0.29, 0.717) is 11.3 Å². The minimum Gasteiger partial charge on any atom is -0.461 e. The van der Waals surface area contributed by atoms with Crippen LogP contribution in [-0.2, 0) is 4.74 Å². The summed E-state index contributed by atoms with van der Waals surface area (Å²) in [6.07, 6.45) is 3.07. The number of esters is 1. The standard InChI is InChI=1S/C16H16FNO3/c1-4-20-16(19)15-11(3)21-14(18-15)8-7-12-6-5-10(2)9-13(12)17/h5-9H,4H2,1-3H3/b8-7+. The van der Waals surface area contributed by atoms with Gasteiger partial charge in [-0.25, -0.2) is 14.2 Å². The van der Waals surface area contributed by atoms with Gasteiger partial charge in [-0.05, 0) is 38.5 Å². The molecule has 2 aromatic rings. The van der Waals surface area contributed by atoms with Gasteiger partial charge in [0.2, 0.25) is 5.89 Å². The monoisotopic (exact) mass is 289 g/mol. The summed E-state index contributed by atoms with van der Waals surface area (Å²) in [7, 11) is 0. The van der Waals surface area contributed by atoms with Gasteiger partial charge in [0.25, 0.3) is 0 Å². The number of rotatable bonds is 4. The van der Waals surface area contributed by atoms with E-state index in [0.717, 1.165) is 5.56 Å². The van der Waals surface area contributed by atoms with Gasteiger partial charge < -0.3 is 9.15 Å². The molecule has 5 heteroatoms. The van der Waals surface area contributed by atoms with Crippen LogP contribution in [0.15, 0.2) is 22.6 Å². The van der Waals surface area contributed by atoms with Gasteiger partial charge in [-0.2, -0.15) is 0 Å². The summed E-state index contributed by atoms with van der Waals surface area (Å²) in [5.74, 6) is -0.243. The van der Waals surface area contributed by atoms with Crippen molar-refractivity contribution >= 4 is 18.1 Å². The number of hydrogen-bond donors (Lipinski definition) is 0. The van der Waals surface area contributed by atoms with Crippen molar-refractivity contribution < 1.29 is 18.3 Å². The number of nitrogens with zero attached hydrogens (tertiary/aromatic N) is 1. The Kier molecular flexibility index (Phi) is 4.52. The van der Waals surface area contributed by atoms with Gasteiger partial charge in [0.05, 0.1) is 6.61 Å². The van der Waals surface area contributed by atoms with Gasteiger partial charge in [-0.1, -0.05) is 12.1 Å². The first-order valence-electron chi connectivity index (χ1n) is 6.60. The molecule has 0 aliphatic rings. The molecule has 0 aliphatic carbocycles. The highest BCUT2D eigenvalue weighted by atomic mass is 19.1. The van der Waals surface area contributed by atoms with Crippen LogP contribution in [0.3, 0.4) is 0 Å². The highest BCUT2D eigenvalue weighted by Crippen LogP contribution is 2.16. The van der Waals surface area contributed by atoms with E-state index in [2.05, 4.69) is 4.98 Å². The van der Waals surface area contributed by atoms with Crippen molar-refractivity contribution in [3.05, 3.63) is 52.5 Å². The normalized spacial score (nSPS) is 11.0. The Labute approximate surface area is 122 Å². The molecular weight excluding hydrogens is 273 g/mol. The van der Waals surface area contributed by atoms with Crippen molar-refractivity contribution in [1.82, 2.24) is 4.98 Å². The predicted molar refractivity (Wildman–Crippen MR) is 77.3 cm³/mol. The lowest BCUT2D eigenvalue weighted by molar-refractivity contribution is 0.0518. The van der Waals surface area contributed by atoms with E-state index >= 15 is 0 Å². The maximum atomic E-state index is 13.7. The summed E-state index contributed by atoms with van der Waals surface area (Å²) in [5, 5.41) is 0. The molecule has 2 rings (SSSR count). The molecule has 21 heavy (non-hydrogen) atoms. The number of oxazole rings is 1. The van der Waals surface area contributed by atoms with Crippen LogP contribution in [0, 0.1) is 19.7 Å². The smallest absolute Gasteiger partial charge is 0.360 e. The lowest BCUT2D eigenvalue weighted by atomic mass is 10.1. The Morgan fingerprint density at radius 2 is 2.14 bits per heavy atom. The molecule has 0 N–H and O–H groups in total. The number of aromatic nitrogens is 1. The van der Waals surface area contributed by atoms with Gasteiger partial charge in [-0.15, -0.1) is 0 Å². The van der Waals surface area contributed by atoms with Gasteiger partial charge in [0.15, 0.2) is 5.69 Å². The molecular formula is C16H16FNO3. The lowest BCUT2D eigenvalue weighted by Crippen LogP contribution is -2.06. The SMILES string of the molecule is CCOC(=O)c1nc(/C=C/c2ccc(C)cc2F)oc1C. The first-order valence-corrected chi connectivity index (χ1v) is 6.60. The zero-order valence-electron chi connectivity index (χ0n) is 12.1. The van der Waals surface area contributed by atoms with E-state index in [4.69, 9.17) is 9.15 Å². The maximum absolute atomic E-state index is 13.7. The number of hydrogen-bond acceptors (Lipinski definition) is 4. The van der Waals surface area contributed by atoms with E-state index in [-0.39, 0.29) is 24.0 Å². The molecule has 110 valence electrons. The molecule has 0 amide bonds. The molecule has 0 saturated heterocycles. The molecule has 0 radical (unpaired) electrons. The van der Waals surface area contributed by atoms with E-state index in [1.54, 1.807) is 26.0 Å². The Hall–Kier alpha value is -2.43. The van der Waals surface area contributed by atoms with Crippen LogP contribution in [0.4, 0.5) is 4.39 Å². The molecule has 4 nitrogen and oxygen atoms in total. The zero-order valence-corrected chi connectivity index (χ0v) is 12.1. The van der Waals surface area contributed by atoms with Crippen molar-refractivity contribution in [3.8, 4) is 0 Å². The third-order valence-electron chi connectivity index (χ3n) is 2.84. The van der Waals surface area contributed by atoms with Gasteiger partial charge in [0, 0.05) is 11.6 Å². The van der Waals surface area contributed by atoms with E-state index < -0.39 is 5.97 Å². The largest absolute Gasteiger partial charge is 0.461 e. The topological polar surface area (TPSA) is 52.3 Å². The van der Waals surface area contributed by atoms with Crippen molar-refractivity contribution in [2.24, 2.45) is 0 Å². The second-order valence-corrected chi connectivity index (χ2v) is 4.54. The molecule has 1 aromatic carbocycles. The van der Waals surface area contributed by atoms with Gasteiger partial charge in [0.1, 0.15) is 11.6 Å². The maximum Gasteiger partial charge on any atom is 0.360 e. The average molecular weight is 289 g/mol. The molecule has 0 saturated carbocycles. The molecule has 1 heterocycles. The number of ether oxygens (including phenoxy) is 1. The van der Waals surface area contributed by atoms with Gasteiger partial charge >= 0.3 is 5.97 Å². The summed E-state index contributed by atoms with van der Waals surface area (Å²) >= 11 is 0. The van der Waals surface area contributed by atoms with E-state index in [9.17, 15) is 9.18 Å². The highest BCUT2D eigenvalue weighted by molar-refractivity contribution is 5.88. The molecule has 0 unspecified atom stereocenters. The van der Waals surface area contributed by atoms with Crippen molar-refractivity contribution in [3.63, 3.8) is 0 Å². The average Bonchev–Trinajstić information content (AvgIpc) is 2.79. The van der Waals surface area contributed by atoms with Crippen molar-refractivity contribution in [2.75, 3.05) is 6.61 Å². The van der Waals surface area contributed by atoms with Crippen LogP contribution < -0.4 is 0 Å². The van der Waals surface area contributed by atoms with Crippen LogP contribution in [0.25, 0.3) is 12.2 Å². The molecule has 0 aliphatic heterocycles. The highest BCUT2D eigenvalue weighted by Gasteiger charge is 2.16. The molecule has 0 fully saturated rings.